The summed E-state index contributed by atoms with van der Waals surface area (Å²) in [6.45, 7) is 0.0139. The average molecular weight is 407 g/mol. The number of benzene rings is 1. The van der Waals surface area contributed by atoms with Gasteiger partial charge in [0.15, 0.2) is 0 Å². The lowest BCUT2D eigenvalue weighted by molar-refractivity contribution is -0.387. The summed E-state index contributed by atoms with van der Waals surface area (Å²) in [5.41, 5.74) is 0.0517. The second-order valence-electron chi connectivity index (χ2n) is 5.25. The van der Waals surface area contributed by atoms with Crippen LogP contribution in [0.2, 0.25) is 10.0 Å². The van der Waals surface area contributed by atoms with Crippen molar-refractivity contribution in [1.82, 2.24) is 4.90 Å². The van der Waals surface area contributed by atoms with E-state index in [9.17, 15) is 15.2 Å². The quantitative estimate of drug-likeness (QED) is 0.511. The topological polar surface area (TPSA) is 66.6 Å². The van der Waals surface area contributed by atoms with Crippen molar-refractivity contribution in [3.05, 3.63) is 49.3 Å². The minimum atomic E-state index is -0.391. The molecule has 1 heterocycles. The van der Waals surface area contributed by atoms with Crippen LogP contribution in [-0.4, -0.2) is 35.6 Å². The number of hydrogen-bond donors (Lipinski definition) is 1. The first-order chi connectivity index (χ1) is 11.3. The number of nitrogens with zero attached hydrogens (tertiary/aromatic N) is 2. The summed E-state index contributed by atoms with van der Waals surface area (Å²) >= 11 is 14.7. The van der Waals surface area contributed by atoms with Crippen molar-refractivity contribution in [3.8, 4) is 0 Å². The lowest BCUT2D eigenvalue weighted by Crippen LogP contribution is -2.20. The molecule has 9 heteroatoms. The molecule has 0 saturated heterocycles. The zero-order valence-electron chi connectivity index (χ0n) is 13.0. The molecule has 0 fully saturated rings. The second kappa shape index (κ2) is 8.51. The highest BCUT2D eigenvalue weighted by Gasteiger charge is 2.25. The normalized spacial score (nSPS) is 12.6. The van der Waals surface area contributed by atoms with Gasteiger partial charge in [-0.2, -0.15) is 0 Å². The molecule has 24 heavy (non-hydrogen) atoms. The summed E-state index contributed by atoms with van der Waals surface area (Å²) in [5, 5.41) is 21.6. The number of halogens is 2. The molecule has 0 spiro atoms. The van der Waals surface area contributed by atoms with Crippen LogP contribution in [0.5, 0.6) is 0 Å². The van der Waals surface area contributed by atoms with E-state index in [1.54, 1.807) is 24.3 Å². The summed E-state index contributed by atoms with van der Waals surface area (Å²) < 4.78 is 0.559. The van der Waals surface area contributed by atoms with E-state index in [2.05, 4.69) is 0 Å². The lowest BCUT2D eigenvalue weighted by atomic mass is 10.1. The highest BCUT2D eigenvalue weighted by atomic mass is 35.5. The molecule has 1 unspecified atom stereocenters. The summed E-state index contributed by atoms with van der Waals surface area (Å²) in [6.07, 6.45) is 0.510. The first kappa shape index (κ1) is 19.5. The fraction of sp³-hybridized carbons (Fsp3) is 0.333. The minimum absolute atomic E-state index is 0.0139. The fourth-order valence-electron chi connectivity index (χ4n) is 2.18. The van der Waals surface area contributed by atoms with E-state index in [-0.39, 0.29) is 18.3 Å². The molecule has 0 saturated carbocycles. The average Bonchev–Trinajstić information content (AvgIpc) is 2.91. The molecule has 0 aliphatic rings. The molecule has 0 aliphatic carbocycles. The van der Waals surface area contributed by atoms with Crippen LogP contribution in [0.25, 0.3) is 0 Å². The Bertz CT molecular complexity index is 738. The SMILES string of the molecule is CN(C)C(CCO)c1cc([N+](=O)[O-])c(Sc2ccc(Cl)cc2Cl)s1. The van der Waals surface area contributed by atoms with Gasteiger partial charge >= 0.3 is 0 Å². The molecule has 1 atom stereocenters. The molecular formula is C15H16Cl2N2O3S2. The van der Waals surface area contributed by atoms with Gasteiger partial charge in [0.1, 0.15) is 4.21 Å². The molecule has 0 bridgehead atoms. The van der Waals surface area contributed by atoms with Crippen molar-refractivity contribution in [3.63, 3.8) is 0 Å². The molecule has 130 valence electrons. The number of rotatable bonds is 7. The largest absolute Gasteiger partial charge is 0.396 e. The maximum atomic E-state index is 11.4. The van der Waals surface area contributed by atoms with E-state index in [4.69, 9.17) is 23.2 Å². The third-order valence-electron chi connectivity index (χ3n) is 3.35. The van der Waals surface area contributed by atoms with Gasteiger partial charge in [-0.3, -0.25) is 10.1 Å². The third-order valence-corrected chi connectivity index (χ3v) is 6.50. The summed E-state index contributed by atoms with van der Waals surface area (Å²) in [7, 11) is 3.77. The van der Waals surface area contributed by atoms with E-state index in [1.165, 1.54) is 23.1 Å². The first-order valence-corrected chi connectivity index (χ1v) is 9.40. The molecule has 0 amide bonds. The molecule has 1 aromatic heterocycles. The van der Waals surface area contributed by atoms with Gasteiger partial charge < -0.3 is 10.0 Å². The summed E-state index contributed by atoms with van der Waals surface area (Å²) in [6, 6.07) is 6.56. The molecule has 5 nitrogen and oxygen atoms in total. The van der Waals surface area contributed by atoms with Crippen molar-refractivity contribution in [2.75, 3.05) is 20.7 Å². The van der Waals surface area contributed by atoms with Gasteiger partial charge in [0.25, 0.3) is 5.69 Å². The van der Waals surface area contributed by atoms with Crippen molar-refractivity contribution in [2.45, 2.75) is 21.6 Å². The number of aliphatic hydroxyl groups is 1. The Hall–Kier alpha value is -0.830. The number of hydrogen-bond acceptors (Lipinski definition) is 6. The number of thiophene rings is 1. The third kappa shape index (κ3) is 4.62. The van der Waals surface area contributed by atoms with E-state index in [0.717, 1.165) is 4.88 Å². The predicted octanol–water partition coefficient (Wildman–Crippen LogP) is 5.10. The number of aliphatic hydroxyl groups excluding tert-OH is 1. The van der Waals surface area contributed by atoms with Gasteiger partial charge in [0.05, 0.1) is 9.95 Å². The standard InChI is InChI=1S/C15H16Cl2N2O3S2/c1-18(2)11(5-6-20)14-8-12(19(21)22)15(24-14)23-13-4-3-9(16)7-10(13)17/h3-4,7-8,11,20H,5-6H2,1-2H3. The molecule has 2 rings (SSSR count). The second-order valence-corrected chi connectivity index (χ2v) is 8.49. The van der Waals surface area contributed by atoms with Gasteiger partial charge in [-0.25, -0.2) is 0 Å². The Morgan fingerprint density at radius 1 is 1.38 bits per heavy atom. The van der Waals surface area contributed by atoms with Crippen LogP contribution in [0.4, 0.5) is 5.69 Å². The molecule has 0 aliphatic heterocycles. The molecule has 1 N–H and O–H groups in total. The summed E-state index contributed by atoms with van der Waals surface area (Å²) in [4.78, 5) is 14.5. The maximum Gasteiger partial charge on any atom is 0.294 e. The molecule has 1 aromatic carbocycles. The molecule has 0 radical (unpaired) electrons. The van der Waals surface area contributed by atoms with Gasteiger partial charge in [-0.15, -0.1) is 11.3 Å². The van der Waals surface area contributed by atoms with Crippen LogP contribution in [0.3, 0.4) is 0 Å². The van der Waals surface area contributed by atoms with Crippen molar-refractivity contribution < 1.29 is 10.0 Å². The first-order valence-electron chi connectivity index (χ1n) is 7.01. The number of nitro groups is 1. The minimum Gasteiger partial charge on any atom is -0.396 e. The highest BCUT2D eigenvalue weighted by molar-refractivity contribution is 8.01. The van der Waals surface area contributed by atoms with E-state index in [0.29, 0.717) is 25.6 Å². The lowest BCUT2D eigenvalue weighted by Gasteiger charge is -2.21. The van der Waals surface area contributed by atoms with Crippen molar-refractivity contribution in [1.29, 1.82) is 0 Å². The Balaban J connectivity index is 2.40. The van der Waals surface area contributed by atoms with Crippen LogP contribution in [-0.2, 0) is 0 Å². The Labute approximate surface area is 158 Å². The van der Waals surface area contributed by atoms with E-state index >= 15 is 0 Å². The van der Waals surface area contributed by atoms with Gasteiger partial charge in [0, 0.05) is 33.5 Å². The monoisotopic (exact) mass is 406 g/mol. The Morgan fingerprint density at radius 2 is 2.08 bits per heavy atom. The van der Waals surface area contributed by atoms with Crippen LogP contribution in [0, 0.1) is 10.1 Å². The van der Waals surface area contributed by atoms with Crippen molar-refractivity contribution in [2.24, 2.45) is 0 Å². The molecular weight excluding hydrogens is 391 g/mol. The predicted molar refractivity (Wildman–Crippen MR) is 99.7 cm³/mol. The van der Waals surface area contributed by atoms with Gasteiger partial charge in [0.2, 0.25) is 0 Å². The Kier molecular flexibility index (Phi) is 6.91. The smallest absolute Gasteiger partial charge is 0.294 e. The zero-order valence-corrected chi connectivity index (χ0v) is 16.2. The summed E-state index contributed by atoms with van der Waals surface area (Å²) in [5.74, 6) is 0. The van der Waals surface area contributed by atoms with Crippen molar-refractivity contribution >= 4 is 52.0 Å². The van der Waals surface area contributed by atoms with Crippen LogP contribution >= 0.6 is 46.3 Å². The Morgan fingerprint density at radius 3 is 2.62 bits per heavy atom. The maximum absolute atomic E-state index is 11.4. The molecule has 2 aromatic rings. The van der Waals surface area contributed by atoms with Gasteiger partial charge in [-0.05, 0) is 38.7 Å². The zero-order chi connectivity index (χ0) is 17.9. The van der Waals surface area contributed by atoms with Crippen LogP contribution < -0.4 is 0 Å². The fourth-order valence-corrected chi connectivity index (χ4v) is 5.25. The van der Waals surface area contributed by atoms with E-state index < -0.39 is 4.92 Å². The highest BCUT2D eigenvalue weighted by Crippen LogP contribution is 2.46. The van der Waals surface area contributed by atoms with Gasteiger partial charge in [-0.1, -0.05) is 35.0 Å². The van der Waals surface area contributed by atoms with E-state index in [1.807, 2.05) is 19.0 Å². The van der Waals surface area contributed by atoms with Crippen LogP contribution in [0.1, 0.15) is 17.3 Å². The van der Waals surface area contributed by atoms with Crippen LogP contribution in [0.15, 0.2) is 33.4 Å².